The molecule has 2 aromatic carbocycles. The van der Waals surface area contributed by atoms with Gasteiger partial charge < -0.3 is 34.8 Å². The molecular formula is C44H63Cl2N7O5. The number of carbonyl (C=O) groups is 3. The Balaban J connectivity index is 0.000000266. The molecule has 4 N–H and O–H groups in total. The van der Waals surface area contributed by atoms with E-state index in [9.17, 15) is 19.5 Å². The molecule has 4 aromatic rings. The van der Waals surface area contributed by atoms with Crippen LogP contribution in [0.4, 0.5) is 11.4 Å². The van der Waals surface area contributed by atoms with E-state index in [1.807, 2.05) is 67.5 Å². The fourth-order valence-electron chi connectivity index (χ4n) is 7.54. The van der Waals surface area contributed by atoms with Gasteiger partial charge in [0.25, 0.3) is 5.91 Å². The van der Waals surface area contributed by atoms with E-state index in [1.165, 1.54) is 19.3 Å². The molecule has 1 amide bonds. The highest BCUT2D eigenvalue weighted by atomic mass is 35.5. The summed E-state index contributed by atoms with van der Waals surface area (Å²) < 4.78 is 3.74. The van der Waals surface area contributed by atoms with Gasteiger partial charge in [0.2, 0.25) is 0 Å². The monoisotopic (exact) mass is 839 g/mol. The fourth-order valence-corrected chi connectivity index (χ4v) is 8.14. The molecule has 1 saturated carbocycles. The number of aliphatic hydroxyl groups is 2. The quantitative estimate of drug-likeness (QED) is 0.103. The first-order valence-electron chi connectivity index (χ1n) is 20.3. The van der Waals surface area contributed by atoms with Crippen LogP contribution in [0.5, 0.6) is 0 Å². The van der Waals surface area contributed by atoms with Crippen molar-refractivity contribution in [1.29, 1.82) is 0 Å². The number of hydrogen-bond donors (Lipinski definition) is 4. The number of aldehydes is 2. The average molecular weight is 841 g/mol. The van der Waals surface area contributed by atoms with Crippen LogP contribution in [-0.4, -0.2) is 86.0 Å². The molecule has 6 rings (SSSR count). The van der Waals surface area contributed by atoms with E-state index >= 15 is 0 Å². The first-order chi connectivity index (χ1) is 27.9. The zero-order valence-electron chi connectivity index (χ0n) is 35.4. The van der Waals surface area contributed by atoms with Gasteiger partial charge in [0.1, 0.15) is 6.29 Å². The Kier molecular flexibility index (Phi) is 20.1. The molecule has 0 spiro atoms. The van der Waals surface area contributed by atoms with Crippen LogP contribution >= 0.6 is 23.2 Å². The van der Waals surface area contributed by atoms with Gasteiger partial charge in [-0.1, -0.05) is 81.1 Å². The van der Waals surface area contributed by atoms with Crippen LogP contribution in [0.25, 0.3) is 11.1 Å². The van der Waals surface area contributed by atoms with Crippen molar-refractivity contribution in [2.24, 2.45) is 25.9 Å². The lowest BCUT2D eigenvalue weighted by Gasteiger charge is -2.27. The number of aliphatic hydroxyl groups excluding tert-OH is 2. The Morgan fingerprint density at radius 2 is 1.57 bits per heavy atom. The number of carbonyl (C=O) groups excluding carboxylic acids is 3. The number of imidazole rings is 2. The first-order valence-corrected chi connectivity index (χ1v) is 21.1. The number of β-amino-alcohol motifs (C(OH)–C–C–N with tert-alkyl or cyclic N) is 1. The third-order valence-corrected chi connectivity index (χ3v) is 11.6. The van der Waals surface area contributed by atoms with Crippen LogP contribution in [0, 0.1) is 11.8 Å². The Morgan fingerprint density at radius 1 is 0.948 bits per heavy atom. The maximum atomic E-state index is 13.0. The molecule has 3 heterocycles. The second-order valence-corrected chi connectivity index (χ2v) is 15.5. The summed E-state index contributed by atoms with van der Waals surface area (Å²) >= 11 is 13.2. The molecule has 2 aromatic heterocycles. The second-order valence-electron chi connectivity index (χ2n) is 14.7. The summed E-state index contributed by atoms with van der Waals surface area (Å²) in [5.41, 5.74) is 7.03. The highest BCUT2D eigenvalue weighted by molar-refractivity contribution is 6.39. The number of nitrogens with one attached hydrogen (secondary N) is 2. The van der Waals surface area contributed by atoms with E-state index in [-0.39, 0.29) is 12.0 Å². The van der Waals surface area contributed by atoms with Crippen molar-refractivity contribution < 1.29 is 24.6 Å². The summed E-state index contributed by atoms with van der Waals surface area (Å²) in [5, 5.41) is 23.3. The molecule has 1 aliphatic heterocycles. The van der Waals surface area contributed by atoms with Gasteiger partial charge in [-0.3, -0.25) is 14.5 Å². The lowest BCUT2D eigenvalue weighted by Crippen LogP contribution is -2.36. The van der Waals surface area contributed by atoms with Gasteiger partial charge in [0.15, 0.2) is 17.9 Å². The fraction of sp³-hybridized carbons (Fsp3) is 0.523. The summed E-state index contributed by atoms with van der Waals surface area (Å²) in [5.74, 6) is 1.89. The summed E-state index contributed by atoms with van der Waals surface area (Å²) in [6.45, 7) is 10.5. The van der Waals surface area contributed by atoms with E-state index in [1.54, 1.807) is 13.0 Å². The van der Waals surface area contributed by atoms with Crippen molar-refractivity contribution in [3.8, 4) is 11.1 Å². The molecular weight excluding hydrogens is 777 g/mol. The van der Waals surface area contributed by atoms with Crippen molar-refractivity contribution >= 4 is 53.1 Å². The van der Waals surface area contributed by atoms with Crippen molar-refractivity contribution in [2.75, 3.05) is 37.9 Å². The van der Waals surface area contributed by atoms with Gasteiger partial charge in [0, 0.05) is 82.7 Å². The summed E-state index contributed by atoms with van der Waals surface area (Å²) in [4.78, 5) is 45.1. The SMILES string of the molecule is CC(O)CN1CCc2c(nc(C=O)n2C)C1.CCC1CCC(C=O)CC1.CCCc1c(CC)nc(C(=O)Nc2cccc(-c3cccc(NC)c3Cl)c2Cl)n1C.CO. The first kappa shape index (κ1) is 48.3. The van der Waals surface area contributed by atoms with Gasteiger partial charge in [-0.05, 0) is 63.5 Å². The highest BCUT2D eigenvalue weighted by Gasteiger charge is 2.24. The number of aromatic nitrogens is 4. The molecule has 1 fully saturated rings. The second kappa shape index (κ2) is 24.1. The van der Waals surface area contributed by atoms with E-state index in [0.29, 0.717) is 39.8 Å². The molecule has 12 nitrogen and oxygen atoms in total. The largest absolute Gasteiger partial charge is 0.400 e. The van der Waals surface area contributed by atoms with E-state index in [2.05, 4.69) is 39.3 Å². The molecule has 0 saturated heterocycles. The molecule has 1 unspecified atom stereocenters. The number of halogens is 2. The van der Waals surface area contributed by atoms with Crippen molar-refractivity contribution in [1.82, 2.24) is 24.0 Å². The zero-order chi connectivity index (χ0) is 42.9. The Hall–Kier alpha value is -4.07. The van der Waals surface area contributed by atoms with Crippen LogP contribution in [-0.2, 0) is 44.7 Å². The van der Waals surface area contributed by atoms with Crippen LogP contribution in [0.2, 0.25) is 10.0 Å². The van der Waals surface area contributed by atoms with Crippen molar-refractivity contribution in [3.63, 3.8) is 0 Å². The molecule has 0 bridgehead atoms. The Morgan fingerprint density at radius 3 is 2.10 bits per heavy atom. The summed E-state index contributed by atoms with van der Waals surface area (Å²) in [6, 6.07) is 11.2. The number of aryl methyl sites for hydroxylation is 1. The molecule has 318 valence electrons. The van der Waals surface area contributed by atoms with Gasteiger partial charge in [0.05, 0.1) is 38.9 Å². The number of anilines is 2. The minimum absolute atomic E-state index is 0.288. The predicted molar refractivity (Wildman–Crippen MR) is 235 cm³/mol. The number of nitrogens with zero attached hydrogens (tertiary/aromatic N) is 5. The van der Waals surface area contributed by atoms with Gasteiger partial charge in [-0.2, -0.15) is 0 Å². The molecule has 0 radical (unpaired) electrons. The minimum Gasteiger partial charge on any atom is -0.400 e. The number of amides is 1. The lowest BCUT2D eigenvalue weighted by molar-refractivity contribution is -0.112. The maximum absolute atomic E-state index is 13.0. The topological polar surface area (TPSA) is 155 Å². The van der Waals surface area contributed by atoms with Crippen LogP contribution < -0.4 is 10.6 Å². The molecule has 14 heteroatoms. The Bertz CT molecular complexity index is 1940. The van der Waals surface area contributed by atoms with E-state index < -0.39 is 0 Å². The van der Waals surface area contributed by atoms with Crippen LogP contribution in [0.1, 0.15) is 110 Å². The smallest absolute Gasteiger partial charge is 0.291 e. The molecule has 1 aliphatic carbocycles. The third kappa shape index (κ3) is 12.5. The predicted octanol–water partition coefficient (Wildman–Crippen LogP) is 8.18. The van der Waals surface area contributed by atoms with E-state index in [4.69, 9.17) is 28.3 Å². The summed E-state index contributed by atoms with van der Waals surface area (Å²) in [7, 11) is 6.57. The number of hydrogen-bond acceptors (Lipinski definition) is 9. The van der Waals surface area contributed by atoms with Crippen LogP contribution in [0.3, 0.4) is 0 Å². The van der Waals surface area contributed by atoms with Gasteiger partial charge in [-0.15, -0.1) is 0 Å². The molecule has 2 aliphatic rings. The van der Waals surface area contributed by atoms with Crippen molar-refractivity contribution in [3.05, 3.63) is 80.9 Å². The maximum Gasteiger partial charge on any atom is 0.291 e. The average Bonchev–Trinajstić information content (AvgIpc) is 3.74. The lowest BCUT2D eigenvalue weighted by atomic mass is 9.82. The third-order valence-electron chi connectivity index (χ3n) is 10.8. The number of fused-ring (bicyclic) bond motifs is 1. The van der Waals surface area contributed by atoms with Gasteiger partial charge in [-0.25, -0.2) is 9.97 Å². The number of benzene rings is 2. The standard InChI is InChI=1S/C23H26Cl2N4O.C11H17N3O2.C9H16O.CH4O/c1-5-9-19-16(6-2)27-22(29(19)4)23(30)28-18-13-8-11-15(21(18)25)14-10-7-12-17(26-3)20(14)24;1-8(16)5-14-4-3-10-9(6-14)12-11(7-15)13(10)2;1-2-8-3-5-9(7-10)6-4-8;1-2/h7-8,10-13,26H,5-6,9H2,1-4H3,(H,28,30);7-8,16H,3-6H2,1-2H3;7-9H,2-6H2,1H3;2H,1H3. The summed E-state index contributed by atoms with van der Waals surface area (Å²) in [6.07, 6.45) is 11.3. The number of rotatable bonds is 12. The highest BCUT2D eigenvalue weighted by Crippen LogP contribution is 2.40. The normalized spacial score (nSPS) is 16.6. The molecule has 1 atom stereocenters. The minimum atomic E-state index is -0.323. The van der Waals surface area contributed by atoms with Crippen LogP contribution in [0.15, 0.2) is 36.4 Å². The zero-order valence-corrected chi connectivity index (χ0v) is 37.0. The molecule has 58 heavy (non-hydrogen) atoms. The van der Waals surface area contributed by atoms with E-state index in [0.717, 1.165) is 117 Å². The van der Waals surface area contributed by atoms with Gasteiger partial charge >= 0.3 is 0 Å². The van der Waals surface area contributed by atoms with Crippen molar-refractivity contribution in [2.45, 2.75) is 98.1 Å². The Labute approximate surface area is 354 Å².